The van der Waals surface area contributed by atoms with Gasteiger partial charge in [-0.05, 0) is 74.2 Å². The van der Waals surface area contributed by atoms with Crippen molar-refractivity contribution in [3.05, 3.63) is 65.2 Å². The number of nitrogens with one attached hydrogen (secondary N) is 2. The first kappa shape index (κ1) is 19.4. The maximum atomic E-state index is 14.6. The molecule has 4 rings (SSSR count). The van der Waals surface area contributed by atoms with Gasteiger partial charge in [-0.25, -0.2) is 4.39 Å². The number of halogens is 1. The van der Waals surface area contributed by atoms with Gasteiger partial charge < -0.3 is 10.6 Å². The highest BCUT2D eigenvalue weighted by Gasteiger charge is 2.44. The fraction of sp³-hybridized carbons (Fsp3) is 0.520. The topological polar surface area (TPSA) is 24.1 Å². The molecule has 1 saturated carbocycles. The van der Waals surface area contributed by atoms with Crippen molar-refractivity contribution in [3.8, 4) is 0 Å². The highest BCUT2D eigenvalue weighted by atomic mass is 19.1. The molecule has 2 aromatic carbocycles. The fourth-order valence-corrected chi connectivity index (χ4v) is 5.08. The SMILES string of the molecule is CCCCNC1CC2c3cc(C(C)(C)F)ccc3NC(c3ccccc3)C2C1. The highest BCUT2D eigenvalue weighted by molar-refractivity contribution is 5.60. The minimum atomic E-state index is -1.31. The molecule has 0 aromatic heterocycles. The van der Waals surface area contributed by atoms with Crippen molar-refractivity contribution in [2.75, 3.05) is 11.9 Å². The Morgan fingerprint density at radius 2 is 1.89 bits per heavy atom. The molecule has 1 aliphatic carbocycles. The minimum absolute atomic E-state index is 0.320. The summed E-state index contributed by atoms with van der Waals surface area (Å²) in [4.78, 5) is 0. The zero-order chi connectivity index (χ0) is 19.7. The third kappa shape index (κ3) is 3.82. The average Bonchev–Trinajstić information content (AvgIpc) is 3.11. The standard InChI is InChI=1S/C25H33FN2/c1-4-5-13-27-19-15-20-21-14-18(25(2,3)26)11-12-23(21)28-24(22(20)16-19)17-9-7-6-8-10-17/h6-12,14,19-20,22,24,27-28H,4-5,13,15-16H2,1-3H3. The molecule has 4 unspecified atom stereocenters. The molecule has 2 aromatic rings. The molecular formula is C25H33FN2. The number of fused-ring (bicyclic) bond motifs is 3. The zero-order valence-electron chi connectivity index (χ0n) is 17.3. The van der Waals surface area contributed by atoms with E-state index in [9.17, 15) is 4.39 Å². The Balaban J connectivity index is 1.67. The molecule has 1 heterocycles. The van der Waals surface area contributed by atoms with Gasteiger partial charge in [-0.1, -0.05) is 55.8 Å². The van der Waals surface area contributed by atoms with E-state index in [0.717, 1.165) is 18.5 Å². The predicted octanol–water partition coefficient (Wildman–Crippen LogP) is 6.31. The first-order chi connectivity index (χ1) is 13.5. The largest absolute Gasteiger partial charge is 0.378 e. The van der Waals surface area contributed by atoms with Crippen LogP contribution in [0.25, 0.3) is 0 Å². The van der Waals surface area contributed by atoms with E-state index >= 15 is 0 Å². The van der Waals surface area contributed by atoms with Crippen LogP contribution in [0.1, 0.15) is 75.1 Å². The van der Waals surface area contributed by atoms with Gasteiger partial charge in [0.15, 0.2) is 0 Å². The van der Waals surface area contributed by atoms with Gasteiger partial charge in [0, 0.05) is 11.7 Å². The normalized spacial score (nSPS) is 26.4. The van der Waals surface area contributed by atoms with Crippen LogP contribution < -0.4 is 10.6 Å². The minimum Gasteiger partial charge on any atom is -0.378 e. The quantitative estimate of drug-likeness (QED) is 0.574. The second-order valence-electron chi connectivity index (χ2n) is 9.05. The lowest BCUT2D eigenvalue weighted by molar-refractivity contribution is 0.221. The fourth-order valence-electron chi connectivity index (χ4n) is 5.08. The second kappa shape index (κ2) is 7.87. The molecule has 0 radical (unpaired) electrons. The summed E-state index contributed by atoms with van der Waals surface area (Å²) in [6.07, 6.45) is 4.76. The highest BCUT2D eigenvalue weighted by Crippen LogP contribution is 2.53. The molecule has 0 amide bonds. The monoisotopic (exact) mass is 380 g/mol. The summed E-state index contributed by atoms with van der Waals surface area (Å²) in [5, 5.41) is 7.59. The molecule has 4 atom stereocenters. The summed E-state index contributed by atoms with van der Waals surface area (Å²) >= 11 is 0. The van der Waals surface area contributed by atoms with Gasteiger partial charge in [0.25, 0.3) is 0 Å². The summed E-state index contributed by atoms with van der Waals surface area (Å²) < 4.78 is 14.6. The number of rotatable bonds is 6. The second-order valence-corrected chi connectivity index (χ2v) is 9.05. The third-order valence-corrected chi connectivity index (χ3v) is 6.61. The van der Waals surface area contributed by atoms with Crippen LogP contribution in [-0.4, -0.2) is 12.6 Å². The summed E-state index contributed by atoms with van der Waals surface area (Å²) in [6.45, 7) is 6.63. The molecular weight excluding hydrogens is 347 g/mol. The van der Waals surface area contributed by atoms with Crippen molar-refractivity contribution in [1.82, 2.24) is 5.32 Å². The number of hydrogen-bond acceptors (Lipinski definition) is 2. The van der Waals surface area contributed by atoms with Gasteiger partial charge >= 0.3 is 0 Å². The van der Waals surface area contributed by atoms with Crippen LogP contribution in [0, 0.1) is 5.92 Å². The number of alkyl halides is 1. The van der Waals surface area contributed by atoms with E-state index in [1.807, 2.05) is 6.07 Å². The molecule has 150 valence electrons. The Morgan fingerprint density at radius 3 is 2.61 bits per heavy atom. The Kier molecular flexibility index (Phi) is 5.46. The van der Waals surface area contributed by atoms with Crippen LogP contribution in [0.5, 0.6) is 0 Å². The predicted molar refractivity (Wildman–Crippen MR) is 116 cm³/mol. The van der Waals surface area contributed by atoms with Crippen molar-refractivity contribution in [3.63, 3.8) is 0 Å². The Bertz CT molecular complexity index is 796. The summed E-state index contributed by atoms with van der Waals surface area (Å²) in [6, 6.07) is 17.8. The number of benzene rings is 2. The van der Waals surface area contributed by atoms with E-state index in [-0.39, 0.29) is 0 Å². The summed E-state index contributed by atoms with van der Waals surface area (Å²) in [5.74, 6) is 1.01. The smallest absolute Gasteiger partial charge is 0.130 e. The van der Waals surface area contributed by atoms with Crippen molar-refractivity contribution < 1.29 is 4.39 Å². The van der Waals surface area contributed by atoms with Gasteiger partial charge in [0.05, 0.1) is 6.04 Å². The molecule has 3 heteroatoms. The lowest BCUT2D eigenvalue weighted by Gasteiger charge is -2.38. The Morgan fingerprint density at radius 1 is 1.11 bits per heavy atom. The van der Waals surface area contributed by atoms with E-state index in [1.54, 1.807) is 13.8 Å². The van der Waals surface area contributed by atoms with Gasteiger partial charge in [-0.3, -0.25) is 0 Å². The molecule has 28 heavy (non-hydrogen) atoms. The lowest BCUT2D eigenvalue weighted by atomic mass is 9.76. The van der Waals surface area contributed by atoms with Crippen LogP contribution in [0.15, 0.2) is 48.5 Å². The van der Waals surface area contributed by atoms with Crippen LogP contribution >= 0.6 is 0 Å². The summed E-state index contributed by atoms with van der Waals surface area (Å²) in [5.41, 5.74) is 3.31. The van der Waals surface area contributed by atoms with E-state index in [4.69, 9.17) is 0 Å². The average molecular weight is 381 g/mol. The van der Waals surface area contributed by atoms with Crippen LogP contribution in [-0.2, 0) is 5.67 Å². The molecule has 2 N–H and O–H groups in total. The van der Waals surface area contributed by atoms with Crippen molar-refractivity contribution in [2.45, 2.75) is 70.1 Å². The number of anilines is 1. The molecule has 2 aliphatic rings. The van der Waals surface area contributed by atoms with Gasteiger partial charge in [0.1, 0.15) is 5.67 Å². The number of unbranched alkanes of at least 4 members (excludes halogenated alkanes) is 1. The van der Waals surface area contributed by atoms with Crippen molar-refractivity contribution in [1.29, 1.82) is 0 Å². The van der Waals surface area contributed by atoms with E-state index in [1.165, 1.54) is 36.1 Å². The van der Waals surface area contributed by atoms with Gasteiger partial charge in [-0.15, -0.1) is 0 Å². The van der Waals surface area contributed by atoms with Crippen LogP contribution in [0.3, 0.4) is 0 Å². The maximum Gasteiger partial charge on any atom is 0.130 e. The zero-order valence-corrected chi connectivity index (χ0v) is 17.3. The first-order valence-corrected chi connectivity index (χ1v) is 10.9. The van der Waals surface area contributed by atoms with Crippen molar-refractivity contribution in [2.24, 2.45) is 5.92 Å². The first-order valence-electron chi connectivity index (χ1n) is 10.9. The molecule has 1 fully saturated rings. The third-order valence-electron chi connectivity index (χ3n) is 6.61. The Labute approximate surface area is 168 Å². The van der Waals surface area contributed by atoms with E-state index in [0.29, 0.717) is 23.9 Å². The van der Waals surface area contributed by atoms with Crippen LogP contribution in [0.4, 0.5) is 10.1 Å². The molecule has 2 nitrogen and oxygen atoms in total. The van der Waals surface area contributed by atoms with Gasteiger partial charge in [-0.2, -0.15) is 0 Å². The van der Waals surface area contributed by atoms with Crippen LogP contribution in [0.2, 0.25) is 0 Å². The molecule has 0 saturated heterocycles. The molecule has 1 aliphatic heterocycles. The van der Waals surface area contributed by atoms with Gasteiger partial charge in [0.2, 0.25) is 0 Å². The lowest BCUT2D eigenvalue weighted by Crippen LogP contribution is -2.30. The maximum absolute atomic E-state index is 14.6. The number of hydrogen-bond donors (Lipinski definition) is 2. The van der Waals surface area contributed by atoms with E-state index in [2.05, 4.69) is 60.0 Å². The summed E-state index contributed by atoms with van der Waals surface area (Å²) in [7, 11) is 0. The Hall–Kier alpha value is -1.87. The van der Waals surface area contributed by atoms with Crippen molar-refractivity contribution >= 4 is 5.69 Å². The molecule has 0 spiro atoms. The molecule has 0 bridgehead atoms. The van der Waals surface area contributed by atoms with E-state index < -0.39 is 5.67 Å².